The summed E-state index contributed by atoms with van der Waals surface area (Å²) >= 11 is 0. The third-order valence-electron chi connectivity index (χ3n) is 0.706. The SMILES string of the molecule is C[C]=NOc1cc[nH]n1. The number of aromatic nitrogens is 2. The van der Waals surface area contributed by atoms with Crippen molar-refractivity contribution < 1.29 is 4.84 Å². The highest BCUT2D eigenvalue weighted by Crippen LogP contribution is 2.00. The third-order valence-corrected chi connectivity index (χ3v) is 0.706. The Morgan fingerprint density at radius 2 is 2.78 bits per heavy atom. The Bertz CT molecular complexity index is 180. The van der Waals surface area contributed by atoms with Gasteiger partial charge in [-0.05, 0) is 6.92 Å². The van der Waals surface area contributed by atoms with Gasteiger partial charge >= 0.3 is 0 Å². The Morgan fingerprint density at radius 3 is 3.33 bits per heavy atom. The maximum Gasteiger partial charge on any atom is 0.266 e. The highest BCUT2D eigenvalue weighted by molar-refractivity contribution is 5.52. The normalized spacial score (nSPS) is 10.3. The molecule has 1 radical (unpaired) electrons. The lowest BCUT2D eigenvalue weighted by atomic mass is 10.7. The van der Waals surface area contributed by atoms with Gasteiger partial charge in [0.05, 0.1) is 0 Å². The quantitative estimate of drug-likeness (QED) is 0.465. The molecular formula is C5H6N3O. The van der Waals surface area contributed by atoms with E-state index < -0.39 is 0 Å². The van der Waals surface area contributed by atoms with Gasteiger partial charge in [-0.2, -0.15) is 0 Å². The van der Waals surface area contributed by atoms with Gasteiger partial charge in [0.25, 0.3) is 5.88 Å². The fourth-order valence-corrected chi connectivity index (χ4v) is 0.390. The largest absolute Gasteiger partial charge is 0.335 e. The minimum atomic E-state index is 0.448. The summed E-state index contributed by atoms with van der Waals surface area (Å²) in [5.74, 6) is 0.448. The predicted octanol–water partition coefficient (Wildman–Crippen LogP) is 0.671. The van der Waals surface area contributed by atoms with Gasteiger partial charge in [0.15, 0.2) is 0 Å². The highest BCUT2D eigenvalue weighted by atomic mass is 16.6. The molecule has 0 amide bonds. The van der Waals surface area contributed by atoms with Crippen molar-refractivity contribution in [1.82, 2.24) is 10.2 Å². The van der Waals surface area contributed by atoms with Gasteiger partial charge in [0, 0.05) is 12.3 Å². The molecule has 0 unspecified atom stereocenters. The Balaban J connectivity index is 2.48. The number of rotatable bonds is 2. The molecule has 0 saturated heterocycles. The lowest BCUT2D eigenvalue weighted by molar-refractivity contribution is 0.329. The highest BCUT2D eigenvalue weighted by Gasteiger charge is 1.88. The molecule has 1 rings (SSSR count). The van der Waals surface area contributed by atoms with Crippen LogP contribution < -0.4 is 4.84 Å². The van der Waals surface area contributed by atoms with Crippen LogP contribution in [-0.2, 0) is 0 Å². The van der Waals surface area contributed by atoms with E-state index in [1.807, 2.05) is 0 Å². The summed E-state index contributed by atoms with van der Waals surface area (Å²) in [5, 5.41) is 9.63. The molecule has 0 spiro atoms. The standard InChI is InChI=1S/C5H6N3O/c1-2-7-9-5-3-4-6-8-5/h3-4H,1H3,(H,6,8). The molecule has 1 aromatic rings. The number of H-pyrrole nitrogens is 1. The van der Waals surface area contributed by atoms with Crippen LogP contribution in [0.4, 0.5) is 0 Å². The van der Waals surface area contributed by atoms with Crippen molar-refractivity contribution in [3.8, 4) is 5.88 Å². The van der Waals surface area contributed by atoms with Crippen LogP contribution in [-0.4, -0.2) is 16.4 Å². The minimum Gasteiger partial charge on any atom is -0.335 e. The molecule has 1 N–H and O–H groups in total. The molecule has 0 aliphatic carbocycles. The molecular weight excluding hydrogens is 118 g/mol. The Hall–Kier alpha value is -1.32. The molecule has 1 aromatic heterocycles. The van der Waals surface area contributed by atoms with Gasteiger partial charge in [0.2, 0.25) is 0 Å². The van der Waals surface area contributed by atoms with E-state index in [1.165, 1.54) is 0 Å². The average molecular weight is 124 g/mol. The summed E-state index contributed by atoms with van der Waals surface area (Å²) in [4.78, 5) is 4.67. The molecule has 4 nitrogen and oxygen atoms in total. The maximum absolute atomic E-state index is 4.67. The van der Waals surface area contributed by atoms with E-state index in [2.05, 4.69) is 26.4 Å². The third kappa shape index (κ3) is 1.56. The van der Waals surface area contributed by atoms with Crippen molar-refractivity contribution in [2.45, 2.75) is 6.92 Å². The van der Waals surface area contributed by atoms with E-state index in [4.69, 9.17) is 0 Å². The van der Waals surface area contributed by atoms with Gasteiger partial charge in [-0.15, -0.1) is 5.10 Å². The first-order valence-electron chi connectivity index (χ1n) is 2.47. The van der Waals surface area contributed by atoms with Crippen molar-refractivity contribution in [2.24, 2.45) is 5.16 Å². The van der Waals surface area contributed by atoms with Gasteiger partial charge < -0.3 is 4.84 Å². The lowest BCUT2D eigenvalue weighted by Crippen LogP contribution is -1.81. The van der Waals surface area contributed by atoms with Crippen LogP contribution in [0.3, 0.4) is 0 Å². The van der Waals surface area contributed by atoms with E-state index in [0.717, 1.165) is 0 Å². The maximum atomic E-state index is 4.67. The second kappa shape index (κ2) is 2.86. The minimum absolute atomic E-state index is 0.448. The first-order valence-corrected chi connectivity index (χ1v) is 2.47. The number of hydrogen-bond acceptors (Lipinski definition) is 3. The van der Waals surface area contributed by atoms with Crippen molar-refractivity contribution in [1.29, 1.82) is 0 Å². The fraction of sp³-hybridized carbons (Fsp3) is 0.200. The molecule has 4 heteroatoms. The van der Waals surface area contributed by atoms with Crippen LogP contribution in [0.1, 0.15) is 6.92 Å². The van der Waals surface area contributed by atoms with Crippen LogP contribution in [0.25, 0.3) is 0 Å². The summed E-state index contributed by atoms with van der Waals surface area (Å²) in [6.45, 7) is 1.65. The molecule has 1 heterocycles. The van der Waals surface area contributed by atoms with Crippen molar-refractivity contribution in [2.75, 3.05) is 0 Å². The van der Waals surface area contributed by atoms with Crippen LogP contribution in [0.15, 0.2) is 17.4 Å². The van der Waals surface area contributed by atoms with E-state index in [-0.39, 0.29) is 0 Å². The number of nitrogens with one attached hydrogen (secondary N) is 1. The molecule has 9 heavy (non-hydrogen) atoms. The zero-order chi connectivity index (χ0) is 6.53. The zero-order valence-electron chi connectivity index (χ0n) is 4.96. The summed E-state index contributed by atoms with van der Waals surface area (Å²) in [6.07, 6.45) is 4.11. The fourth-order valence-electron chi connectivity index (χ4n) is 0.390. The van der Waals surface area contributed by atoms with E-state index in [1.54, 1.807) is 19.2 Å². The first-order chi connectivity index (χ1) is 4.43. The molecule has 47 valence electrons. The van der Waals surface area contributed by atoms with Crippen molar-refractivity contribution in [3.05, 3.63) is 12.3 Å². The summed E-state index contributed by atoms with van der Waals surface area (Å²) < 4.78 is 0. The lowest BCUT2D eigenvalue weighted by Gasteiger charge is -1.85. The Kier molecular flexibility index (Phi) is 1.85. The van der Waals surface area contributed by atoms with Crippen LogP contribution in [0.2, 0.25) is 0 Å². The van der Waals surface area contributed by atoms with Gasteiger partial charge in [-0.1, -0.05) is 5.16 Å². The molecule has 0 aromatic carbocycles. The smallest absolute Gasteiger partial charge is 0.266 e. The topological polar surface area (TPSA) is 50.3 Å². The van der Waals surface area contributed by atoms with Crippen molar-refractivity contribution in [3.63, 3.8) is 0 Å². The summed E-state index contributed by atoms with van der Waals surface area (Å²) in [6, 6.07) is 1.67. The molecule has 0 saturated carbocycles. The molecule has 0 atom stereocenters. The molecule has 0 fully saturated rings. The molecule has 0 bridgehead atoms. The Labute approximate surface area is 52.5 Å². The second-order valence-corrected chi connectivity index (χ2v) is 1.32. The zero-order valence-corrected chi connectivity index (χ0v) is 4.96. The molecule has 0 aliphatic rings. The first kappa shape index (κ1) is 5.81. The van der Waals surface area contributed by atoms with E-state index in [0.29, 0.717) is 5.88 Å². The predicted molar refractivity (Wildman–Crippen MR) is 32.3 cm³/mol. The van der Waals surface area contributed by atoms with Crippen molar-refractivity contribution >= 4 is 6.21 Å². The molecule has 0 aliphatic heterocycles. The second-order valence-electron chi connectivity index (χ2n) is 1.32. The number of aromatic amines is 1. The van der Waals surface area contributed by atoms with Crippen LogP contribution in [0, 0.1) is 0 Å². The number of nitrogens with zero attached hydrogens (tertiary/aromatic N) is 2. The van der Waals surface area contributed by atoms with Gasteiger partial charge in [-0.3, -0.25) is 5.10 Å². The van der Waals surface area contributed by atoms with E-state index in [9.17, 15) is 0 Å². The Morgan fingerprint density at radius 1 is 1.89 bits per heavy atom. The van der Waals surface area contributed by atoms with Gasteiger partial charge in [-0.25, -0.2) is 0 Å². The average Bonchev–Trinajstić information content (AvgIpc) is 2.34. The van der Waals surface area contributed by atoms with Crippen LogP contribution in [0.5, 0.6) is 5.88 Å². The van der Waals surface area contributed by atoms with Crippen LogP contribution >= 0.6 is 0 Å². The van der Waals surface area contributed by atoms with E-state index >= 15 is 0 Å². The van der Waals surface area contributed by atoms with Gasteiger partial charge in [0.1, 0.15) is 6.21 Å². The number of hydrogen-bond donors (Lipinski definition) is 1. The summed E-state index contributed by atoms with van der Waals surface area (Å²) in [7, 11) is 0. The monoisotopic (exact) mass is 124 g/mol. The summed E-state index contributed by atoms with van der Waals surface area (Å²) in [5.41, 5.74) is 0.